The Morgan fingerprint density at radius 1 is 1.17 bits per heavy atom. The molecule has 0 spiro atoms. The number of rotatable bonds is 4. The number of carbonyl (C=O) groups is 1. The lowest BCUT2D eigenvalue weighted by atomic mass is 9.87. The molecule has 1 aromatic rings. The van der Waals surface area contributed by atoms with Crippen LogP contribution in [0.15, 0.2) is 24.3 Å². The van der Waals surface area contributed by atoms with Gasteiger partial charge in [-0.1, -0.05) is 24.3 Å². The van der Waals surface area contributed by atoms with E-state index in [1.807, 2.05) is 18.0 Å². The molecule has 3 aliphatic rings. The lowest BCUT2D eigenvalue weighted by Crippen LogP contribution is -2.55. The third-order valence-electron chi connectivity index (χ3n) is 6.73. The van der Waals surface area contributed by atoms with Gasteiger partial charge in [0.2, 0.25) is 5.91 Å². The first-order valence-electron chi connectivity index (χ1n) is 10.5. The number of likely N-dealkylation sites (N-methyl/N-ethyl adjacent to an activating group) is 1. The summed E-state index contributed by atoms with van der Waals surface area (Å²) in [7, 11) is -1.23. The maximum atomic E-state index is 12.9. The summed E-state index contributed by atoms with van der Waals surface area (Å²) in [5.74, 6) is 0.0321. The van der Waals surface area contributed by atoms with E-state index in [0.29, 0.717) is 32.7 Å². The van der Waals surface area contributed by atoms with Crippen LogP contribution in [0, 0.1) is 0 Å². The van der Waals surface area contributed by atoms with Crippen LogP contribution in [-0.2, 0) is 21.1 Å². The van der Waals surface area contributed by atoms with Crippen molar-refractivity contribution in [1.82, 2.24) is 14.7 Å². The molecule has 1 amide bonds. The van der Waals surface area contributed by atoms with Gasteiger partial charge in [0.25, 0.3) is 0 Å². The molecule has 8 heteroatoms. The van der Waals surface area contributed by atoms with Crippen LogP contribution >= 0.6 is 0 Å². The molecule has 7 nitrogen and oxygen atoms in total. The second-order valence-corrected chi connectivity index (χ2v) is 10.8. The van der Waals surface area contributed by atoms with Gasteiger partial charge in [-0.2, -0.15) is 0 Å². The fraction of sp³-hybridized carbons (Fsp3) is 0.667. The predicted octanol–water partition coefficient (Wildman–Crippen LogP) is 0.298. The van der Waals surface area contributed by atoms with Gasteiger partial charge >= 0.3 is 0 Å². The van der Waals surface area contributed by atoms with Gasteiger partial charge in [0.15, 0.2) is 9.84 Å². The van der Waals surface area contributed by atoms with Gasteiger partial charge < -0.3 is 10.0 Å². The normalized spacial score (nSPS) is 30.1. The predicted molar refractivity (Wildman–Crippen MR) is 111 cm³/mol. The number of hydrogen-bond donors (Lipinski definition) is 1. The van der Waals surface area contributed by atoms with Gasteiger partial charge in [0, 0.05) is 33.2 Å². The summed E-state index contributed by atoms with van der Waals surface area (Å²) >= 11 is 0. The van der Waals surface area contributed by atoms with E-state index in [0.717, 1.165) is 19.3 Å². The van der Waals surface area contributed by atoms with Crippen molar-refractivity contribution < 1.29 is 18.3 Å². The first kappa shape index (κ1) is 20.8. The van der Waals surface area contributed by atoms with E-state index in [2.05, 4.69) is 28.0 Å². The Hall–Kier alpha value is -1.48. The number of sulfone groups is 1. The molecule has 1 N–H and O–H groups in total. The number of carbonyl (C=O) groups excluding carboxylic acids is 1. The number of amides is 1. The summed E-state index contributed by atoms with van der Waals surface area (Å²) in [5.41, 5.74) is 2.62. The first-order chi connectivity index (χ1) is 13.8. The Kier molecular flexibility index (Phi) is 5.97. The second-order valence-electron chi connectivity index (χ2n) is 8.64. The molecular weight excluding hydrogens is 390 g/mol. The van der Waals surface area contributed by atoms with Crippen molar-refractivity contribution in [2.24, 2.45) is 0 Å². The average Bonchev–Trinajstić information content (AvgIpc) is 2.99. The maximum absolute atomic E-state index is 12.9. The van der Waals surface area contributed by atoms with Gasteiger partial charge in [-0.25, -0.2) is 8.42 Å². The van der Waals surface area contributed by atoms with Crippen molar-refractivity contribution in [3.8, 4) is 0 Å². The fourth-order valence-corrected chi connectivity index (χ4v) is 6.85. The Labute approximate surface area is 173 Å². The highest BCUT2D eigenvalue weighted by atomic mass is 32.2. The summed E-state index contributed by atoms with van der Waals surface area (Å²) in [5, 5.41) is 10.1. The topological polar surface area (TPSA) is 81.2 Å². The maximum Gasteiger partial charge on any atom is 0.237 e. The average molecular weight is 422 g/mol. The Balaban J connectivity index is 1.31. The van der Waals surface area contributed by atoms with Gasteiger partial charge in [-0.15, -0.1) is 0 Å². The molecule has 29 heavy (non-hydrogen) atoms. The van der Waals surface area contributed by atoms with Gasteiger partial charge in [0.05, 0.1) is 36.2 Å². The summed E-state index contributed by atoms with van der Waals surface area (Å²) in [6.07, 6.45) is 2.39. The molecule has 1 aromatic carbocycles. The minimum absolute atomic E-state index is 0.0386. The third-order valence-corrected chi connectivity index (χ3v) is 8.43. The number of aliphatic hydroxyl groups excluding tert-OH is 1. The van der Waals surface area contributed by atoms with E-state index < -0.39 is 15.9 Å². The van der Waals surface area contributed by atoms with E-state index in [-0.39, 0.29) is 29.5 Å². The molecule has 160 valence electrons. The number of fused-ring (bicyclic) bond motifs is 1. The molecule has 0 radical (unpaired) electrons. The van der Waals surface area contributed by atoms with Gasteiger partial charge in [0.1, 0.15) is 0 Å². The number of aliphatic hydroxyl groups is 1. The minimum Gasteiger partial charge on any atom is -0.390 e. The molecule has 2 fully saturated rings. The summed E-state index contributed by atoms with van der Waals surface area (Å²) in [4.78, 5) is 19.1. The van der Waals surface area contributed by atoms with Crippen LogP contribution < -0.4 is 0 Å². The highest BCUT2D eigenvalue weighted by molar-refractivity contribution is 7.91. The Morgan fingerprint density at radius 2 is 1.90 bits per heavy atom. The minimum atomic E-state index is -3.14. The zero-order valence-electron chi connectivity index (χ0n) is 17.0. The summed E-state index contributed by atoms with van der Waals surface area (Å²) in [6.45, 7) is 3.17. The molecular formula is C21H31N3O4S. The number of hydrogen-bond acceptors (Lipinski definition) is 6. The highest BCUT2D eigenvalue weighted by Crippen LogP contribution is 2.33. The molecule has 0 unspecified atom stereocenters. The summed E-state index contributed by atoms with van der Waals surface area (Å²) in [6, 6.07) is 8.26. The SMILES string of the molecule is CN(C(=O)CN1CCN([C@@H]2CS(=O)(=O)C[C@@H]2O)CC1)[C@H]1CCCc2ccccc21. The van der Waals surface area contributed by atoms with E-state index >= 15 is 0 Å². The number of aryl methyl sites for hydroxylation is 1. The monoisotopic (exact) mass is 421 g/mol. The largest absolute Gasteiger partial charge is 0.390 e. The van der Waals surface area contributed by atoms with Crippen LogP contribution in [-0.4, -0.2) is 97.6 Å². The molecule has 4 rings (SSSR count). The van der Waals surface area contributed by atoms with Crippen molar-refractivity contribution >= 4 is 15.7 Å². The zero-order valence-corrected chi connectivity index (χ0v) is 17.9. The Morgan fingerprint density at radius 3 is 2.59 bits per heavy atom. The quantitative estimate of drug-likeness (QED) is 0.753. The molecule has 2 saturated heterocycles. The standard InChI is InChI=1S/C21H31N3O4S/c1-22(18-8-4-6-16-5-2-3-7-17(16)18)21(26)13-23-9-11-24(12-10-23)19-14-29(27,28)15-20(19)25/h2-3,5,7,18-20,25H,4,6,8-15H2,1H3/t18-,19+,20-/m0/s1. The molecule has 0 aromatic heterocycles. The molecule has 1 aliphatic carbocycles. The van der Waals surface area contributed by atoms with Crippen LogP contribution in [0.3, 0.4) is 0 Å². The van der Waals surface area contributed by atoms with Gasteiger partial charge in [-0.05, 0) is 30.4 Å². The van der Waals surface area contributed by atoms with Crippen molar-refractivity contribution in [3.05, 3.63) is 35.4 Å². The number of benzene rings is 1. The van der Waals surface area contributed by atoms with Crippen LogP contribution in [0.2, 0.25) is 0 Å². The second kappa shape index (κ2) is 8.34. The third kappa shape index (κ3) is 4.50. The van der Waals surface area contributed by atoms with Crippen LogP contribution in [0.25, 0.3) is 0 Å². The molecule has 0 bridgehead atoms. The number of nitrogens with zero attached hydrogens (tertiary/aromatic N) is 3. The van der Waals surface area contributed by atoms with Crippen molar-refractivity contribution in [2.45, 2.75) is 37.5 Å². The van der Waals surface area contributed by atoms with Crippen molar-refractivity contribution in [1.29, 1.82) is 0 Å². The van der Waals surface area contributed by atoms with Crippen LogP contribution in [0.4, 0.5) is 0 Å². The number of piperazine rings is 1. The smallest absolute Gasteiger partial charge is 0.237 e. The summed E-state index contributed by atoms with van der Waals surface area (Å²) < 4.78 is 23.5. The van der Waals surface area contributed by atoms with Crippen molar-refractivity contribution in [2.75, 3.05) is 51.3 Å². The van der Waals surface area contributed by atoms with E-state index in [1.54, 1.807) is 0 Å². The van der Waals surface area contributed by atoms with Gasteiger partial charge in [-0.3, -0.25) is 14.6 Å². The van der Waals surface area contributed by atoms with Crippen molar-refractivity contribution in [3.63, 3.8) is 0 Å². The Bertz CT molecular complexity index is 851. The first-order valence-corrected chi connectivity index (χ1v) is 12.3. The molecule has 3 atom stereocenters. The molecule has 2 aliphatic heterocycles. The fourth-order valence-electron chi connectivity index (χ4n) is 5.02. The van der Waals surface area contributed by atoms with E-state index in [4.69, 9.17) is 0 Å². The van der Waals surface area contributed by atoms with E-state index in [9.17, 15) is 18.3 Å². The lowest BCUT2D eigenvalue weighted by Gasteiger charge is -2.39. The van der Waals surface area contributed by atoms with E-state index in [1.165, 1.54) is 11.1 Å². The highest BCUT2D eigenvalue weighted by Gasteiger charge is 2.41. The lowest BCUT2D eigenvalue weighted by molar-refractivity contribution is -0.134. The van der Waals surface area contributed by atoms with Crippen LogP contribution in [0.5, 0.6) is 0 Å². The zero-order chi connectivity index (χ0) is 20.6. The molecule has 2 heterocycles. The molecule has 0 saturated carbocycles. The van der Waals surface area contributed by atoms with Crippen LogP contribution in [0.1, 0.15) is 30.0 Å².